The van der Waals surface area contributed by atoms with Crippen LogP contribution in [0.3, 0.4) is 0 Å². The van der Waals surface area contributed by atoms with Crippen molar-refractivity contribution in [3.05, 3.63) is 29.3 Å². The number of aryl methyl sites for hydroxylation is 2. The molecule has 0 saturated heterocycles. The Balaban J connectivity index is 2.11. The van der Waals surface area contributed by atoms with Gasteiger partial charge < -0.3 is 0 Å². The van der Waals surface area contributed by atoms with E-state index in [0.717, 1.165) is 18.4 Å². The summed E-state index contributed by atoms with van der Waals surface area (Å²) in [6, 6.07) is 4.88. The number of hydrogen-bond donors (Lipinski definition) is 1. The SMILES string of the molecule is CCCCCCCCCCCCCc1ccc(S(=O)(=O)O)cc1C. The molecule has 0 radical (unpaired) electrons. The number of benzene rings is 1. The van der Waals surface area contributed by atoms with Gasteiger partial charge in [0.15, 0.2) is 0 Å². The lowest BCUT2D eigenvalue weighted by molar-refractivity contribution is 0.483. The molecule has 0 aliphatic rings. The Morgan fingerprint density at radius 3 is 1.79 bits per heavy atom. The molecule has 0 aliphatic heterocycles. The Kier molecular flexibility index (Phi) is 10.3. The second-order valence-corrected chi connectivity index (χ2v) is 8.27. The van der Waals surface area contributed by atoms with E-state index in [-0.39, 0.29) is 4.90 Å². The molecular formula is C20H34O3S. The molecule has 0 heterocycles. The zero-order valence-corrected chi connectivity index (χ0v) is 16.2. The molecule has 0 saturated carbocycles. The fraction of sp³-hybridized carbons (Fsp3) is 0.700. The lowest BCUT2D eigenvalue weighted by Crippen LogP contribution is -2.00. The lowest BCUT2D eigenvalue weighted by atomic mass is 10.0. The van der Waals surface area contributed by atoms with Crippen molar-refractivity contribution in [2.45, 2.75) is 95.8 Å². The fourth-order valence-corrected chi connectivity index (χ4v) is 3.65. The summed E-state index contributed by atoms with van der Waals surface area (Å²) in [4.78, 5) is -0.0114. The van der Waals surface area contributed by atoms with E-state index in [0.29, 0.717) is 0 Å². The lowest BCUT2D eigenvalue weighted by Gasteiger charge is -2.07. The predicted octanol–water partition coefficient (Wildman–Crippen LogP) is 6.10. The van der Waals surface area contributed by atoms with Gasteiger partial charge in [0.25, 0.3) is 10.1 Å². The molecule has 0 aliphatic carbocycles. The monoisotopic (exact) mass is 354 g/mol. The van der Waals surface area contributed by atoms with Crippen LogP contribution in [0.25, 0.3) is 0 Å². The smallest absolute Gasteiger partial charge is 0.282 e. The highest BCUT2D eigenvalue weighted by molar-refractivity contribution is 7.85. The van der Waals surface area contributed by atoms with E-state index in [1.807, 2.05) is 13.0 Å². The van der Waals surface area contributed by atoms with Crippen LogP contribution in [0.4, 0.5) is 0 Å². The summed E-state index contributed by atoms with van der Waals surface area (Å²) in [5, 5.41) is 0. The van der Waals surface area contributed by atoms with Crippen molar-refractivity contribution in [2.75, 3.05) is 0 Å². The first-order valence-corrected chi connectivity index (χ1v) is 11.0. The molecule has 4 heteroatoms. The summed E-state index contributed by atoms with van der Waals surface area (Å²) in [7, 11) is -4.09. The van der Waals surface area contributed by atoms with Crippen LogP contribution < -0.4 is 0 Å². The Hall–Kier alpha value is -0.870. The average Bonchev–Trinajstić information content (AvgIpc) is 2.53. The summed E-state index contributed by atoms with van der Waals surface area (Å²) >= 11 is 0. The Labute approximate surface area is 148 Å². The quantitative estimate of drug-likeness (QED) is 0.344. The topological polar surface area (TPSA) is 54.4 Å². The molecule has 1 aromatic rings. The van der Waals surface area contributed by atoms with Crippen molar-refractivity contribution in [1.82, 2.24) is 0 Å². The number of unbranched alkanes of at least 4 members (excludes halogenated alkanes) is 10. The largest absolute Gasteiger partial charge is 0.294 e. The first kappa shape index (κ1) is 21.2. The summed E-state index contributed by atoms with van der Waals surface area (Å²) in [6.07, 6.45) is 15.6. The molecule has 0 amide bonds. The predicted molar refractivity (Wildman–Crippen MR) is 101 cm³/mol. The molecule has 0 unspecified atom stereocenters. The van der Waals surface area contributed by atoms with Crippen LogP contribution in [0.15, 0.2) is 23.1 Å². The highest BCUT2D eigenvalue weighted by Gasteiger charge is 2.10. The van der Waals surface area contributed by atoms with Gasteiger partial charge in [-0.2, -0.15) is 8.42 Å². The highest BCUT2D eigenvalue weighted by Crippen LogP contribution is 2.18. The molecule has 3 nitrogen and oxygen atoms in total. The van der Waals surface area contributed by atoms with E-state index in [1.54, 1.807) is 6.07 Å². The number of hydrogen-bond acceptors (Lipinski definition) is 2. The molecule has 24 heavy (non-hydrogen) atoms. The van der Waals surface area contributed by atoms with Gasteiger partial charge in [0.1, 0.15) is 0 Å². The van der Waals surface area contributed by atoms with Crippen LogP contribution >= 0.6 is 0 Å². The second-order valence-electron chi connectivity index (χ2n) is 6.85. The third kappa shape index (κ3) is 8.84. The van der Waals surface area contributed by atoms with Crippen molar-refractivity contribution < 1.29 is 13.0 Å². The zero-order valence-electron chi connectivity index (χ0n) is 15.4. The van der Waals surface area contributed by atoms with Crippen LogP contribution in [-0.2, 0) is 16.5 Å². The highest BCUT2D eigenvalue weighted by atomic mass is 32.2. The van der Waals surface area contributed by atoms with Crippen LogP contribution in [0.1, 0.15) is 88.7 Å². The zero-order chi connectivity index (χ0) is 17.8. The van der Waals surface area contributed by atoms with Gasteiger partial charge in [-0.05, 0) is 43.0 Å². The van der Waals surface area contributed by atoms with E-state index < -0.39 is 10.1 Å². The van der Waals surface area contributed by atoms with Gasteiger partial charge in [0.05, 0.1) is 4.90 Å². The van der Waals surface area contributed by atoms with E-state index in [9.17, 15) is 8.42 Å². The normalized spacial score (nSPS) is 11.8. The van der Waals surface area contributed by atoms with Gasteiger partial charge in [0, 0.05) is 0 Å². The summed E-state index contributed by atoms with van der Waals surface area (Å²) < 4.78 is 31.3. The third-order valence-corrected chi connectivity index (χ3v) is 5.51. The summed E-state index contributed by atoms with van der Waals surface area (Å²) in [6.45, 7) is 4.16. The van der Waals surface area contributed by atoms with Crippen molar-refractivity contribution >= 4 is 10.1 Å². The van der Waals surface area contributed by atoms with E-state index in [4.69, 9.17) is 4.55 Å². The van der Waals surface area contributed by atoms with Crippen molar-refractivity contribution in [2.24, 2.45) is 0 Å². The first-order valence-electron chi connectivity index (χ1n) is 9.52. The minimum atomic E-state index is -4.09. The number of rotatable bonds is 13. The molecule has 1 aromatic carbocycles. The molecule has 1 N–H and O–H groups in total. The summed E-state index contributed by atoms with van der Waals surface area (Å²) in [5.41, 5.74) is 2.12. The molecule has 0 spiro atoms. The Morgan fingerprint density at radius 2 is 1.33 bits per heavy atom. The molecule has 138 valence electrons. The van der Waals surface area contributed by atoms with Gasteiger partial charge in [-0.3, -0.25) is 4.55 Å². The maximum absolute atomic E-state index is 11.1. The average molecular weight is 355 g/mol. The van der Waals surface area contributed by atoms with Gasteiger partial charge in [0.2, 0.25) is 0 Å². The molecule has 0 aromatic heterocycles. The van der Waals surface area contributed by atoms with Gasteiger partial charge in [-0.1, -0.05) is 77.2 Å². The second kappa shape index (κ2) is 11.6. The van der Waals surface area contributed by atoms with Crippen LogP contribution in [0.5, 0.6) is 0 Å². The molecule has 0 atom stereocenters. The minimum absolute atomic E-state index is 0.0114. The first-order chi connectivity index (χ1) is 11.4. The van der Waals surface area contributed by atoms with Crippen LogP contribution in [-0.4, -0.2) is 13.0 Å². The maximum atomic E-state index is 11.1. The van der Waals surface area contributed by atoms with Crippen molar-refractivity contribution in [3.8, 4) is 0 Å². The van der Waals surface area contributed by atoms with Crippen LogP contribution in [0, 0.1) is 6.92 Å². The third-order valence-electron chi connectivity index (χ3n) is 4.66. The van der Waals surface area contributed by atoms with E-state index in [2.05, 4.69) is 6.92 Å². The molecule has 1 rings (SSSR count). The fourth-order valence-electron chi connectivity index (χ4n) is 3.09. The summed E-state index contributed by atoms with van der Waals surface area (Å²) in [5.74, 6) is 0. The maximum Gasteiger partial charge on any atom is 0.294 e. The van der Waals surface area contributed by atoms with Gasteiger partial charge in [-0.25, -0.2) is 0 Å². The standard InChI is InChI=1S/C20H34O3S/c1-3-4-5-6-7-8-9-10-11-12-13-14-19-15-16-20(17-18(19)2)24(21,22)23/h15-17H,3-14H2,1-2H3,(H,21,22,23). The van der Waals surface area contributed by atoms with E-state index in [1.165, 1.54) is 75.8 Å². The van der Waals surface area contributed by atoms with Crippen molar-refractivity contribution in [1.29, 1.82) is 0 Å². The molecule has 0 bridgehead atoms. The Morgan fingerprint density at radius 1 is 0.833 bits per heavy atom. The molecule has 0 fully saturated rings. The minimum Gasteiger partial charge on any atom is -0.282 e. The van der Waals surface area contributed by atoms with Gasteiger partial charge in [-0.15, -0.1) is 0 Å². The van der Waals surface area contributed by atoms with Crippen molar-refractivity contribution in [3.63, 3.8) is 0 Å². The van der Waals surface area contributed by atoms with E-state index >= 15 is 0 Å². The Bertz CT molecular complexity index is 564. The van der Waals surface area contributed by atoms with Gasteiger partial charge >= 0.3 is 0 Å². The van der Waals surface area contributed by atoms with Crippen LogP contribution in [0.2, 0.25) is 0 Å². The molecular weight excluding hydrogens is 320 g/mol.